The highest BCUT2D eigenvalue weighted by atomic mass is 32.2. The molecule has 0 amide bonds. The molecule has 0 aliphatic rings. The number of nitrogens with two attached hydrogens (primary N) is 1. The molecule has 0 saturated carbocycles. The van der Waals surface area contributed by atoms with Crippen LogP contribution in [-0.4, -0.2) is 9.58 Å². The van der Waals surface area contributed by atoms with E-state index in [0.717, 1.165) is 4.90 Å². The van der Waals surface area contributed by atoms with Crippen LogP contribution in [0, 0.1) is 0 Å². The van der Waals surface area contributed by atoms with Crippen molar-refractivity contribution in [2.45, 2.75) is 17.2 Å². The number of hydrogen-bond acceptors (Lipinski definition) is 2. The van der Waals surface area contributed by atoms with E-state index in [2.05, 4.69) is 0 Å². The summed E-state index contributed by atoms with van der Waals surface area (Å²) in [6, 6.07) is 9.24. The normalized spacial score (nSPS) is 15.8. The van der Waals surface area contributed by atoms with Crippen LogP contribution in [0.4, 0.5) is 0 Å². The first-order chi connectivity index (χ1) is 5.22. The summed E-state index contributed by atoms with van der Waals surface area (Å²) in [5, 5.41) is -0.294. The fourth-order valence-corrected chi connectivity index (χ4v) is 1.62. The summed E-state index contributed by atoms with van der Waals surface area (Å²) in [6.07, 6.45) is 0. The maximum atomic E-state index is 11.3. The van der Waals surface area contributed by atoms with Crippen molar-refractivity contribution in [3.8, 4) is 0 Å². The van der Waals surface area contributed by atoms with Crippen LogP contribution in [-0.2, 0) is 10.8 Å². The second kappa shape index (κ2) is 3.64. The molecule has 2 nitrogen and oxygen atoms in total. The van der Waals surface area contributed by atoms with Gasteiger partial charge in [0.25, 0.3) is 0 Å². The third-order valence-corrected chi connectivity index (χ3v) is 2.73. The monoisotopic (exact) mass is 169 g/mol. The molecule has 3 heteroatoms. The lowest BCUT2D eigenvalue weighted by atomic mass is 10.4. The van der Waals surface area contributed by atoms with Gasteiger partial charge in [-0.2, -0.15) is 0 Å². The maximum Gasteiger partial charge on any atom is 0.0828 e. The summed E-state index contributed by atoms with van der Waals surface area (Å²) in [5.41, 5.74) is 5.47. The molecule has 2 atom stereocenters. The van der Waals surface area contributed by atoms with Crippen molar-refractivity contribution in [1.29, 1.82) is 0 Å². The Morgan fingerprint density at radius 2 is 1.91 bits per heavy atom. The Balaban J connectivity index is 2.86. The minimum absolute atomic E-state index is 0.294. The smallest absolute Gasteiger partial charge is 0.0828 e. The van der Waals surface area contributed by atoms with E-state index >= 15 is 0 Å². The molecule has 60 valence electrons. The quantitative estimate of drug-likeness (QED) is 0.720. The van der Waals surface area contributed by atoms with Crippen LogP contribution in [0.25, 0.3) is 0 Å². The van der Waals surface area contributed by atoms with Crippen molar-refractivity contribution in [3.05, 3.63) is 30.3 Å². The van der Waals surface area contributed by atoms with Gasteiger partial charge < -0.3 is 5.73 Å². The van der Waals surface area contributed by atoms with Gasteiger partial charge in [0.15, 0.2) is 0 Å². The molecular formula is C8H11NOS. The molecule has 0 radical (unpaired) electrons. The molecule has 1 aromatic carbocycles. The van der Waals surface area contributed by atoms with Gasteiger partial charge in [-0.3, -0.25) is 4.21 Å². The van der Waals surface area contributed by atoms with Crippen molar-refractivity contribution in [3.63, 3.8) is 0 Å². The molecule has 2 N–H and O–H groups in total. The maximum absolute atomic E-state index is 11.3. The summed E-state index contributed by atoms with van der Waals surface area (Å²) in [5.74, 6) is 0. The number of benzene rings is 1. The molecule has 0 spiro atoms. The molecule has 0 aliphatic carbocycles. The van der Waals surface area contributed by atoms with Crippen LogP contribution in [0.15, 0.2) is 35.2 Å². The SMILES string of the molecule is CC(N)S(=O)c1ccccc1. The van der Waals surface area contributed by atoms with E-state index in [1.165, 1.54) is 0 Å². The molecule has 2 unspecified atom stereocenters. The van der Waals surface area contributed by atoms with Crippen LogP contribution in [0.5, 0.6) is 0 Å². The first-order valence-electron chi connectivity index (χ1n) is 3.43. The van der Waals surface area contributed by atoms with Crippen LogP contribution < -0.4 is 5.73 Å². The van der Waals surface area contributed by atoms with Crippen molar-refractivity contribution in [1.82, 2.24) is 0 Å². The zero-order valence-corrected chi connectivity index (χ0v) is 7.17. The summed E-state index contributed by atoms with van der Waals surface area (Å²) >= 11 is 0. The Labute approximate surface area is 68.9 Å². The Kier molecular flexibility index (Phi) is 2.79. The van der Waals surface area contributed by atoms with Gasteiger partial charge in [-0.05, 0) is 19.1 Å². The van der Waals surface area contributed by atoms with E-state index in [1.54, 1.807) is 6.92 Å². The van der Waals surface area contributed by atoms with Crippen LogP contribution in [0.3, 0.4) is 0 Å². The van der Waals surface area contributed by atoms with Gasteiger partial charge in [-0.1, -0.05) is 18.2 Å². The lowest BCUT2D eigenvalue weighted by Gasteiger charge is -2.03. The van der Waals surface area contributed by atoms with Crippen molar-refractivity contribution in [2.75, 3.05) is 0 Å². The van der Waals surface area contributed by atoms with Crippen molar-refractivity contribution < 1.29 is 4.21 Å². The zero-order chi connectivity index (χ0) is 8.27. The topological polar surface area (TPSA) is 43.1 Å². The Morgan fingerprint density at radius 1 is 1.36 bits per heavy atom. The van der Waals surface area contributed by atoms with Gasteiger partial charge in [0, 0.05) is 4.90 Å². The average molecular weight is 169 g/mol. The van der Waals surface area contributed by atoms with E-state index in [-0.39, 0.29) is 5.37 Å². The molecule has 1 rings (SSSR count). The van der Waals surface area contributed by atoms with E-state index < -0.39 is 10.8 Å². The summed E-state index contributed by atoms with van der Waals surface area (Å²) < 4.78 is 11.3. The molecule has 11 heavy (non-hydrogen) atoms. The fourth-order valence-electron chi connectivity index (χ4n) is 0.769. The predicted octanol–water partition coefficient (Wildman–Crippen LogP) is 1.10. The summed E-state index contributed by atoms with van der Waals surface area (Å²) in [6.45, 7) is 1.74. The van der Waals surface area contributed by atoms with Gasteiger partial charge in [0.2, 0.25) is 0 Å². The first-order valence-corrected chi connectivity index (χ1v) is 4.64. The fraction of sp³-hybridized carbons (Fsp3) is 0.250. The molecule has 0 heterocycles. The Morgan fingerprint density at radius 3 is 2.36 bits per heavy atom. The van der Waals surface area contributed by atoms with Gasteiger partial charge in [-0.15, -0.1) is 0 Å². The standard InChI is InChI=1S/C8H11NOS/c1-7(9)11(10)8-5-3-2-4-6-8/h2-7H,9H2,1H3. The predicted molar refractivity (Wildman–Crippen MR) is 46.5 cm³/mol. The third kappa shape index (κ3) is 2.13. The Bertz CT molecular complexity index is 246. The number of rotatable bonds is 2. The second-order valence-electron chi connectivity index (χ2n) is 2.32. The van der Waals surface area contributed by atoms with Crippen LogP contribution in [0.2, 0.25) is 0 Å². The third-order valence-electron chi connectivity index (χ3n) is 1.31. The molecule has 0 aliphatic heterocycles. The van der Waals surface area contributed by atoms with E-state index in [4.69, 9.17) is 5.73 Å². The highest BCUT2D eigenvalue weighted by molar-refractivity contribution is 7.85. The van der Waals surface area contributed by atoms with Gasteiger partial charge in [0.1, 0.15) is 0 Å². The minimum atomic E-state index is -1.06. The number of hydrogen-bond donors (Lipinski definition) is 1. The highest BCUT2D eigenvalue weighted by Gasteiger charge is 2.06. The Hall–Kier alpha value is -0.670. The van der Waals surface area contributed by atoms with E-state index in [1.807, 2.05) is 30.3 Å². The van der Waals surface area contributed by atoms with Crippen LogP contribution in [0.1, 0.15) is 6.92 Å². The summed E-state index contributed by atoms with van der Waals surface area (Å²) in [7, 11) is -1.06. The molecule has 0 aromatic heterocycles. The molecular weight excluding hydrogens is 158 g/mol. The lowest BCUT2D eigenvalue weighted by molar-refractivity contribution is 0.675. The van der Waals surface area contributed by atoms with Crippen molar-refractivity contribution >= 4 is 10.8 Å². The van der Waals surface area contributed by atoms with Crippen molar-refractivity contribution in [2.24, 2.45) is 5.73 Å². The van der Waals surface area contributed by atoms with Gasteiger partial charge in [0.05, 0.1) is 16.2 Å². The van der Waals surface area contributed by atoms with E-state index in [0.29, 0.717) is 0 Å². The first kappa shape index (κ1) is 8.43. The molecule has 0 fully saturated rings. The lowest BCUT2D eigenvalue weighted by Crippen LogP contribution is -2.21. The highest BCUT2D eigenvalue weighted by Crippen LogP contribution is 2.06. The van der Waals surface area contributed by atoms with E-state index in [9.17, 15) is 4.21 Å². The van der Waals surface area contributed by atoms with Crippen LogP contribution >= 0.6 is 0 Å². The van der Waals surface area contributed by atoms with Gasteiger partial charge >= 0.3 is 0 Å². The second-order valence-corrected chi connectivity index (χ2v) is 4.13. The minimum Gasteiger partial charge on any atom is -0.317 e. The average Bonchev–Trinajstić information content (AvgIpc) is 2.05. The molecule has 0 saturated heterocycles. The summed E-state index contributed by atoms with van der Waals surface area (Å²) in [4.78, 5) is 0.794. The molecule has 0 bridgehead atoms. The van der Waals surface area contributed by atoms with Gasteiger partial charge in [-0.25, -0.2) is 0 Å². The largest absolute Gasteiger partial charge is 0.317 e. The molecule has 1 aromatic rings. The zero-order valence-electron chi connectivity index (χ0n) is 6.36.